The monoisotopic (exact) mass is 274 g/mol. The van der Waals surface area contributed by atoms with Crippen molar-refractivity contribution in [3.8, 4) is 39.4 Å². The largest absolute Gasteiger partial charge is 0.202 e. The van der Waals surface area contributed by atoms with Gasteiger partial charge in [-0.1, -0.05) is 0 Å². The van der Waals surface area contributed by atoms with Crippen molar-refractivity contribution in [2.24, 2.45) is 0 Å². The van der Waals surface area contributed by atoms with Crippen molar-refractivity contribution in [2.45, 2.75) is 0 Å². The van der Waals surface area contributed by atoms with Gasteiger partial charge >= 0.3 is 0 Å². The topological polar surface area (TPSA) is 143 Å². The molecule has 0 amide bonds. The van der Waals surface area contributed by atoms with Crippen LogP contribution in [0, 0.1) is 71.0 Å². The van der Waals surface area contributed by atoms with Crippen molar-refractivity contribution in [3.63, 3.8) is 0 Å². The Kier molecular flexibility index (Phi) is 1740. The van der Waals surface area contributed by atoms with Crippen molar-refractivity contribution in [2.75, 3.05) is 0 Å². The van der Waals surface area contributed by atoms with Crippen LogP contribution in [-0.4, -0.2) is 0 Å². The second-order valence-corrected chi connectivity index (χ2v) is 0. The first-order valence-corrected chi connectivity index (χ1v) is 1.55. The van der Waals surface area contributed by atoms with E-state index in [0.717, 1.165) is 0 Å². The van der Waals surface area contributed by atoms with E-state index in [0.29, 0.717) is 0 Å². The molecule has 0 saturated carbocycles. The van der Waals surface area contributed by atoms with Crippen LogP contribution in [-0.2, 0) is 34.1 Å². The van der Waals surface area contributed by atoms with Crippen LogP contribution in [0.2, 0.25) is 0 Å². The van der Waals surface area contributed by atoms with Gasteiger partial charge in [0.2, 0.25) is 0 Å². The Labute approximate surface area is 105 Å². The molecule has 0 fully saturated rings. The Morgan fingerprint density at radius 2 is 0.286 bits per heavy atom. The summed E-state index contributed by atoms with van der Waals surface area (Å²) in [5.41, 5.74) is 0. The second-order valence-electron chi connectivity index (χ2n) is 0. The van der Waals surface area contributed by atoms with Crippen molar-refractivity contribution in [1.82, 2.24) is 0 Å². The molecule has 76 valence electrons. The van der Waals surface area contributed by atoms with E-state index in [1.165, 1.54) is 0 Å². The van der Waals surface area contributed by atoms with Crippen LogP contribution < -0.4 is 0 Å². The Morgan fingerprint density at radius 3 is 0.286 bits per heavy atom. The van der Waals surface area contributed by atoms with E-state index < -0.39 is 0 Å². The van der Waals surface area contributed by atoms with Gasteiger partial charge in [0.05, 0.1) is 0 Å². The van der Waals surface area contributed by atoms with E-state index in [4.69, 9.17) is 31.6 Å². The van der Waals surface area contributed by atoms with Gasteiger partial charge in [-0.3, -0.25) is 0 Å². The molecule has 0 saturated heterocycles. The fraction of sp³-hybridized carbons (Fsp3) is 0. The number of nitrogens with zero attached hydrogens (tertiary/aromatic N) is 6. The van der Waals surface area contributed by atoms with Crippen LogP contribution in [0.1, 0.15) is 0 Å². The van der Waals surface area contributed by atoms with Crippen molar-refractivity contribution < 1.29 is 34.1 Å². The fourth-order valence-electron chi connectivity index (χ4n) is 0. The predicted molar refractivity (Wildman–Crippen MR) is 40.0 cm³/mol. The van der Waals surface area contributed by atoms with Gasteiger partial charge in [0.1, 0.15) is 0 Å². The zero-order valence-electron chi connectivity index (χ0n) is 6.85. The third kappa shape index (κ3) is 197. The molecule has 0 aliphatic carbocycles. The summed E-state index contributed by atoms with van der Waals surface area (Å²) in [4.78, 5) is 0. The average Bonchev–Trinajstić information content (AvgIpc) is 2.33. The van der Waals surface area contributed by atoms with Gasteiger partial charge in [-0.25, -0.2) is 31.6 Å². The zero-order valence-corrected chi connectivity index (χ0v) is 9.06. The van der Waals surface area contributed by atoms with Gasteiger partial charge in [-0.15, -0.1) is 0 Å². The molecule has 0 spiro atoms. The first-order chi connectivity index (χ1) is 6.00. The van der Waals surface area contributed by atoms with Crippen LogP contribution in [0.4, 0.5) is 0 Å². The Morgan fingerprint density at radius 1 is 0.286 bits per heavy atom. The molecule has 0 atom stereocenters. The molecule has 0 rings (SSSR count). The summed E-state index contributed by atoms with van der Waals surface area (Å²) in [6.07, 6.45) is 0. The minimum absolute atomic E-state index is 0. The summed E-state index contributed by atoms with van der Waals surface area (Å²) < 4.78 is 0. The van der Waals surface area contributed by atoms with Crippen molar-refractivity contribution >= 4 is 0 Å². The Balaban J connectivity index is -0.00000000500. The van der Waals surface area contributed by atoms with Gasteiger partial charge < -0.3 is 0 Å². The van der Waals surface area contributed by atoms with E-state index in [2.05, 4.69) is 39.4 Å². The molecule has 0 aromatic carbocycles. The summed E-state index contributed by atoms with van der Waals surface area (Å²) in [7, 11) is 0. The summed E-state index contributed by atoms with van der Waals surface area (Å²) in [6.45, 7) is 21.0. The molecule has 6 nitrogen and oxygen atoms in total. The molecule has 0 aromatic heterocycles. The average molecular weight is 274 g/mol. The van der Waals surface area contributed by atoms with Gasteiger partial charge in [-0.05, 0) is 0 Å². The summed E-state index contributed by atoms with van der Waals surface area (Å²) >= 11 is 0. The maximum absolute atomic E-state index is 6.50. The minimum Gasteiger partial charge on any atom is -0.202 e. The fourth-order valence-corrected chi connectivity index (χ4v) is 0. The summed E-state index contributed by atoms with van der Waals surface area (Å²) in [5.74, 6) is 0. The van der Waals surface area contributed by atoms with E-state index in [9.17, 15) is 0 Å². The third-order valence-electron chi connectivity index (χ3n) is 0. The van der Waals surface area contributed by atoms with Gasteiger partial charge in [-0.2, -0.15) is 0 Å². The Bertz CT molecular complexity index is 95.3. The van der Waals surface area contributed by atoms with Crippen LogP contribution in [0.25, 0.3) is 0 Å². The van der Waals surface area contributed by atoms with Crippen molar-refractivity contribution in [3.05, 3.63) is 0 Å². The summed E-state index contributed by atoms with van der Waals surface area (Å²) in [6, 6.07) is 0. The molecule has 0 aromatic rings. The standard InChI is InChI=1S/6CHN.2Fe/c6*1-2;;/h6*1H;;. The molecular formula is C6H6Fe2N6. The van der Waals surface area contributed by atoms with Gasteiger partial charge in [0, 0.05) is 73.6 Å². The smallest absolute Gasteiger partial charge is 0.0462 e. The van der Waals surface area contributed by atoms with Crippen LogP contribution >= 0.6 is 0 Å². The molecule has 0 N–H and O–H groups in total. The molecule has 0 aliphatic heterocycles. The maximum atomic E-state index is 6.50. The first-order valence-electron chi connectivity index (χ1n) is 1.55. The quantitative estimate of drug-likeness (QED) is 0.598. The molecule has 8 heteroatoms. The maximum Gasteiger partial charge on any atom is 0.0462 e. The normalized spacial score (nSPS) is 0.857. The second kappa shape index (κ2) is 268. The summed E-state index contributed by atoms with van der Waals surface area (Å²) in [5, 5.41) is 39.0. The van der Waals surface area contributed by atoms with Gasteiger partial charge in [0.15, 0.2) is 0 Å². The van der Waals surface area contributed by atoms with E-state index >= 15 is 0 Å². The number of rotatable bonds is 0. The molecule has 0 heterocycles. The molecule has 0 radical (unpaired) electrons. The molecule has 0 aliphatic rings. The molecule has 14 heavy (non-hydrogen) atoms. The number of nitriles is 6. The zero-order chi connectivity index (χ0) is 12.0. The van der Waals surface area contributed by atoms with E-state index in [1.807, 2.05) is 0 Å². The van der Waals surface area contributed by atoms with E-state index in [-0.39, 0.29) is 34.1 Å². The first kappa shape index (κ1) is 91.2. The third-order valence-corrected chi connectivity index (χ3v) is 0. The van der Waals surface area contributed by atoms with Crippen LogP contribution in [0.15, 0.2) is 0 Å². The minimum atomic E-state index is 0. The Hall–Kier alpha value is -2.02. The van der Waals surface area contributed by atoms with Gasteiger partial charge in [0.25, 0.3) is 0 Å². The van der Waals surface area contributed by atoms with E-state index in [1.54, 1.807) is 0 Å². The van der Waals surface area contributed by atoms with Crippen molar-refractivity contribution in [1.29, 1.82) is 31.6 Å². The predicted octanol–water partition coefficient (Wildman–Crippen LogP) is 0.834. The molecule has 0 bridgehead atoms. The molecular weight excluding hydrogens is 268 g/mol. The van der Waals surface area contributed by atoms with Crippen LogP contribution in [0.3, 0.4) is 0 Å². The number of hydrogen-bond donors (Lipinski definition) is 0. The SMILES string of the molecule is C#N.C#N.C#N.C#N.C#N.C#N.[Fe].[Fe]. The number of hydrogen-bond acceptors (Lipinski definition) is 6. The van der Waals surface area contributed by atoms with Crippen LogP contribution in [0.5, 0.6) is 0 Å². The molecule has 0 unspecified atom stereocenters.